The van der Waals surface area contributed by atoms with E-state index in [1.807, 2.05) is 6.92 Å². The molecule has 20 heavy (non-hydrogen) atoms. The first kappa shape index (κ1) is 17.9. The number of thioether (sulfide) groups is 1. The maximum absolute atomic E-state index is 14.2. The van der Waals surface area contributed by atoms with Crippen LogP contribution in [0.1, 0.15) is 45.2 Å². The van der Waals surface area contributed by atoms with Crippen LogP contribution in [0.4, 0.5) is 8.78 Å². The van der Waals surface area contributed by atoms with Crippen LogP contribution in [0.3, 0.4) is 0 Å². The highest BCUT2D eigenvalue weighted by atomic mass is 79.9. The van der Waals surface area contributed by atoms with Gasteiger partial charge in [-0.15, -0.1) is 0 Å². The van der Waals surface area contributed by atoms with Gasteiger partial charge in [0.15, 0.2) is 0 Å². The van der Waals surface area contributed by atoms with Crippen molar-refractivity contribution in [1.29, 1.82) is 0 Å². The summed E-state index contributed by atoms with van der Waals surface area (Å²) in [7, 11) is 0. The van der Waals surface area contributed by atoms with Gasteiger partial charge in [-0.05, 0) is 47.4 Å². The highest BCUT2D eigenvalue weighted by Gasteiger charge is 2.22. The molecule has 0 radical (unpaired) electrons. The zero-order chi connectivity index (χ0) is 15.1. The number of hydrogen-bond donors (Lipinski definition) is 1. The van der Waals surface area contributed by atoms with Crippen LogP contribution in [-0.4, -0.2) is 17.5 Å². The second-order valence-electron chi connectivity index (χ2n) is 4.82. The van der Waals surface area contributed by atoms with Crippen LogP contribution in [0.5, 0.6) is 0 Å². The van der Waals surface area contributed by atoms with Crippen molar-refractivity contribution in [2.45, 2.75) is 44.9 Å². The largest absolute Gasteiger partial charge is 0.309 e. The third-order valence-corrected chi connectivity index (χ3v) is 5.23. The second-order valence-corrected chi connectivity index (χ2v) is 7.14. The minimum absolute atomic E-state index is 0.142. The zero-order valence-corrected chi connectivity index (χ0v) is 14.6. The van der Waals surface area contributed by atoms with E-state index in [9.17, 15) is 8.78 Å². The molecular weight excluding hydrogens is 344 g/mol. The molecule has 1 rings (SSSR count). The maximum atomic E-state index is 14.2. The van der Waals surface area contributed by atoms with Gasteiger partial charge < -0.3 is 5.32 Å². The Morgan fingerprint density at radius 1 is 1.30 bits per heavy atom. The number of halogens is 3. The van der Waals surface area contributed by atoms with Crippen LogP contribution in [0.2, 0.25) is 0 Å². The molecule has 0 bridgehead atoms. The smallest absolute Gasteiger partial charge is 0.145 e. The fourth-order valence-corrected chi connectivity index (χ4v) is 3.19. The van der Waals surface area contributed by atoms with Gasteiger partial charge in [0, 0.05) is 22.6 Å². The predicted octanol–water partition coefficient (Wildman–Crippen LogP) is 5.30. The SMILES string of the molecule is CCCNC(CSC(C)CC)c1c(F)ccc(Br)c1F. The summed E-state index contributed by atoms with van der Waals surface area (Å²) in [6.07, 6.45) is 1.98. The van der Waals surface area contributed by atoms with Gasteiger partial charge in [-0.2, -0.15) is 11.8 Å². The number of rotatable bonds is 8. The van der Waals surface area contributed by atoms with Gasteiger partial charge in [0.05, 0.1) is 4.47 Å². The van der Waals surface area contributed by atoms with Crippen molar-refractivity contribution in [3.63, 3.8) is 0 Å². The molecule has 1 aromatic carbocycles. The number of nitrogens with one attached hydrogen (secondary N) is 1. The van der Waals surface area contributed by atoms with E-state index >= 15 is 0 Å². The molecule has 0 spiro atoms. The van der Waals surface area contributed by atoms with E-state index in [0.717, 1.165) is 19.4 Å². The third-order valence-electron chi connectivity index (χ3n) is 3.19. The summed E-state index contributed by atoms with van der Waals surface area (Å²) in [6.45, 7) is 7.04. The molecule has 0 fully saturated rings. The standard InChI is InChI=1S/C15H22BrF2NS/c1-4-8-19-13(9-20-10(3)5-2)14-12(17)7-6-11(16)15(14)18/h6-7,10,13,19H,4-5,8-9H2,1-3H3. The number of benzene rings is 1. The second kappa shape index (κ2) is 9.00. The van der Waals surface area contributed by atoms with Crippen LogP contribution in [0, 0.1) is 11.6 Å². The zero-order valence-electron chi connectivity index (χ0n) is 12.2. The van der Waals surface area contributed by atoms with Gasteiger partial charge in [0.2, 0.25) is 0 Å². The Morgan fingerprint density at radius 3 is 2.60 bits per heavy atom. The normalized spacial score (nSPS) is 14.3. The van der Waals surface area contributed by atoms with Crippen molar-refractivity contribution in [2.24, 2.45) is 0 Å². The maximum Gasteiger partial charge on any atom is 0.145 e. The lowest BCUT2D eigenvalue weighted by atomic mass is 10.1. The quantitative estimate of drug-likeness (QED) is 0.627. The molecule has 2 unspecified atom stereocenters. The Hall–Kier alpha value is -0.130. The lowest BCUT2D eigenvalue weighted by Crippen LogP contribution is -2.27. The topological polar surface area (TPSA) is 12.0 Å². The van der Waals surface area contributed by atoms with Crippen molar-refractivity contribution in [3.05, 3.63) is 33.8 Å². The molecule has 1 nitrogen and oxygen atoms in total. The lowest BCUT2D eigenvalue weighted by Gasteiger charge is -2.22. The lowest BCUT2D eigenvalue weighted by molar-refractivity contribution is 0.489. The highest BCUT2D eigenvalue weighted by Crippen LogP contribution is 2.30. The fourth-order valence-electron chi connectivity index (χ4n) is 1.80. The summed E-state index contributed by atoms with van der Waals surface area (Å²) in [4.78, 5) is 0. The van der Waals surface area contributed by atoms with Gasteiger partial charge in [0.1, 0.15) is 11.6 Å². The molecular formula is C15H22BrF2NS. The summed E-state index contributed by atoms with van der Waals surface area (Å²) >= 11 is 4.88. The third kappa shape index (κ3) is 5.01. The fraction of sp³-hybridized carbons (Fsp3) is 0.600. The van der Waals surface area contributed by atoms with E-state index in [2.05, 4.69) is 35.1 Å². The Labute approximate surface area is 133 Å². The summed E-state index contributed by atoms with van der Waals surface area (Å²) in [5, 5.41) is 3.74. The molecule has 2 atom stereocenters. The van der Waals surface area contributed by atoms with Gasteiger partial charge >= 0.3 is 0 Å². The molecule has 5 heteroatoms. The van der Waals surface area contributed by atoms with Crippen LogP contribution in [0.15, 0.2) is 16.6 Å². The molecule has 0 amide bonds. The summed E-state index contributed by atoms with van der Waals surface area (Å²) < 4.78 is 28.5. The molecule has 0 aromatic heterocycles. The Bertz CT molecular complexity index is 429. The first-order chi connectivity index (χ1) is 9.51. The molecule has 0 aliphatic heterocycles. The van der Waals surface area contributed by atoms with E-state index < -0.39 is 11.6 Å². The van der Waals surface area contributed by atoms with Crippen LogP contribution in [0.25, 0.3) is 0 Å². The molecule has 0 saturated heterocycles. The van der Waals surface area contributed by atoms with Gasteiger partial charge in [-0.3, -0.25) is 0 Å². The van der Waals surface area contributed by atoms with Crippen molar-refractivity contribution >= 4 is 27.7 Å². The average molecular weight is 366 g/mol. The van der Waals surface area contributed by atoms with E-state index in [1.54, 1.807) is 11.8 Å². The van der Waals surface area contributed by atoms with Gasteiger partial charge in [-0.1, -0.05) is 20.8 Å². The molecule has 1 N–H and O–H groups in total. The summed E-state index contributed by atoms with van der Waals surface area (Å²) in [5.41, 5.74) is 0.142. The molecule has 0 aliphatic rings. The number of hydrogen-bond acceptors (Lipinski definition) is 2. The monoisotopic (exact) mass is 365 g/mol. The van der Waals surface area contributed by atoms with E-state index in [-0.39, 0.29) is 11.6 Å². The van der Waals surface area contributed by atoms with Crippen molar-refractivity contribution in [3.8, 4) is 0 Å². The summed E-state index contributed by atoms with van der Waals surface area (Å²) in [6, 6.07) is 2.43. The Kier molecular flexibility index (Phi) is 8.07. The molecule has 0 heterocycles. The predicted molar refractivity (Wildman–Crippen MR) is 87.3 cm³/mol. The van der Waals surface area contributed by atoms with E-state index in [1.165, 1.54) is 12.1 Å². The van der Waals surface area contributed by atoms with Crippen molar-refractivity contribution < 1.29 is 8.78 Å². The van der Waals surface area contributed by atoms with Crippen molar-refractivity contribution in [2.75, 3.05) is 12.3 Å². The molecule has 0 aliphatic carbocycles. The average Bonchev–Trinajstić information content (AvgIpc) is 2.44. The van der Waals surface area contributed by atoms with Crippen LogP contribution in [-0.2, 0) is 0 Å². The van der Waals surface area contributed by atoms with E-state index in [4.69, 9.17) is 0 Å². The van der Waals surface area contributed by atoms with Crippen molar-refractivity contribution in [1.82, 2.24) is 5.32 Å². The Morgan fingerprint density at radius 2 is 2.00 bits per heavy atom. The first-order valence-corrected chi connectivity index (χ1v) is 8.83. The first-order valence-electron chi connectivity index (χ1n) is 6.99. The van der Waals surface area contributed by atoms with Crippen LogP contribution < -0.4 is 5.32 Å². The summed E-state index contributed by atoms with van der Waals surface area (Å²) in [5.74, 6) is -0.313. The van der Waals surface area contributed by atoms with Gasteiger partial charge in [-0.25, -0.2) is 8.78 Å². The van der Waals surface area contributed by atoms with Gasteiger partial charge in [0.25, 0.3) is 0 Å². The minimum Gasteiger partial charge on any atom is -0.309 e. The molecule has 0 saturated carbocycles. The van der Waals surface area contributed by atoms with Crippen LogP contribution >= 0.6 is 27.7 Å². The van der Waals surface area contributed by atoms with E-state index in [0.29, 0.717) is 15.5 Å². The highest BCUT2D eigenvalue weighted by molar-refractivity contribution is 9.10. The minimum atomic E-state index is -0.497. The Balaban J connectivity index is 2.95. The molecule has 114 valence electrons. The molecule has 1 aromatic rings.